The van der Waals surface area contributed by atoms with Crippen LogP contribution >= 0.6 is 11.6 Å². The van der Waals surface area contributed by atoms with Gasteiger partial charge in [-0.1, -0.05) is 24.6 Å². The molecule has 0 aliphatic heterocycles. The van der Waals surface area contributed by atoms with E-state index < -0.39 is 5.82 Å². The van der Waals surface area contributed by atoms with E-state index in [1.165, 1.54) is 16.8 Å². The number of benzene rings is 1. The summed E-state index contributed by atoms with van der Waals surface area (Å²) in [6.45, 7) is 2.02. The zero-order valence-corrected chi connectivity index (χ0v) is 10.7. The van der Waals surface area contributed by atoms with Crippen molar-refractivity contribution >= 4 is 17.4 Å². The summed E-state index contributed by atoms with van der Waals surface area (Å²) < 4.78 is 14.8. The lowest BCUT2D eigenvalue weighted by Gasteiger charge is -2.01. The molecular formula is C12H14ClFN4. The highest BCUT2D eigenvalue weighted by atomic mass is 35.5. The average Bonchev–Trinajstić information content (AvgIpc) is 2.62. The van der Waals surface area contributed by atoms with Gasteiger partial charge in [-0.15, -0.1) is 0 Å². The van der Waals surface area contributed by atoms with Crippen molar-refractivity contribution in [3.63, 3.8) is 0 Å². The second kappa shape index (κ2) is 4.86. The van der Waals surface area contributed by atoms with Gasteiger partial charge in [-0.3, -0.25) is 0 Å². The smallest absolute Gasteiger partial charge is 0.150 e. The predicted molar refractivity (Wildman–Crippen MR) is 71.2 cm³/mol. The van der Waals surface area contributed by atoms with E-state index in [0.717, 1.165) is 12.8 Å². The summed E-state index contributed by atoms with van der Waals surface area (Å²) in [6.07, 6.45) is 1.62. The first-order chi connectivity index (χ1) is 8.54. The zero-order chi connectivity index (χ0) is 13.3. The van der Waals surface area contributed by atoms with Crippen molar-refractivity contribution in [1.82, 2.24) is 9.66 Å². The summed E-state index contributed by atoms with van der Waals surface area (Å²) in [5.41, 5.74) is 6.92. The quantitative estimate of drug-likeness (QED) is 0.841. The molecule has 0 unspecified atom stereocenters. The summed E-state index contributed by atoms with van der Waals surface area (Å²) in [5.74, 6) is 6.30. The highest BCUT2D eigenvalue weighted by Crippen LogP contribution is 2.28. The first-order valence-electron chi connectivity index (χ1n) is 5.62. The molecule has 4 nitrogen and oxygen atoms in total. The maximum absolute atomic E-state index is 13.4. The van der Waals surface area contributed by atoms with Gasteiger partial charge in [-0.2, -0.15) is 0 Å². The molecule has 0 saturated heterocycles. The minimum Gasteiger partial charge on any atom is -0.382 e. The number of aryl methyl sites for hydroxylation is 1. The molecule has 0 fully saturated rings. The largest absolute Gasteiger partial charge is 0.382 e. The zero-order valence-electron chi connectivity index (χ0n) is 9.95. The lowest BCUT2D eigenvalue weighted by Crippen LogP contribution is -2.15. The van der Waals surface area contributed by atoms with Crippen LogP contribution < -0.4 is 11.6 Å². The van der Waals surface area contributed by atoms with Gasteiger partial charge in [0.15, 0.2) is 5.82 Å². The molecule has 2 aromatic rings. The fourth-order valence-corrected chi connectivity index (χ4v) is 1.87. The molecular weight excluding hydrogens is 255 g/mol. The molecule has 1 aromatic carbocycles. The SMILES string of the molecule is CCCc1nc(-c2ccc(Cl)c(F)c2)c(N)n1N. The number of nitrogens with two attached hydrogens (primary N) is 2. The maximum atomic E-state index is 13.4. The molecule has 0 spiro atoms. The number of anilines is 1. The molecule has 0 radical (unpaired) electrons. The Morgan fingerprint density at radius 2 is 2.17 bits per heavy atom. The van der Waals surface area contributed by atoms with Crippen molar-refractivity contribution in [2.24, 2.45) is 0 Å². The third-order valence-corrected chi connectivity index (χ3v) is 2.99. The van der Waals surface area contributed by atoms with E-state index in [9.17, 15) is 4.39 Å². The summed E-state index contributed by atoms with van der Waals surface area (Å²) in [5, 5.41) is 0.0679. The van der Waals surface area contributed by atoms with Crippen molar-refractivity contribution in [3.8, 4) is 11.3 Å². The van der Waals surface area contributed by atoms with Crippen LogP contribution in [0.5, 0.6) is 0 Å². The topological polar surface area (TPSA) is 69.9 Å². The summed E-state index contributed by atoms with van der Waals surface area (Å²) in [4.78, 5) is 4.34. The van der Waals surface area contributed by atoms with Crippen LogP contribution in [0.3, 0.4) is 0 Å². The van der Waals surface area contributed by atoms with E-state index in [1.54, 1.807) is 6.07 Å². The minimum atomic E-state index is -0.503. The molecule has 0 aliphatic rings. The van der Waals surface area contributed by atoms with E-state index in [0.29, 0.717) is 22.9 Å². The van der Waals surface area contributed by atoms with E-state index in [-0.39, 0.29) is 5.02 Å². The van der Waals surface area contributed by atoms with Crippen LogP contribution in [-0.2, 0) is 6.42 Å². The molecule has 0 amide bonds. The third kappa shape index (κ3) is 2.13. The van der Waals surface area contributed by atoms with Crippen molar-refractivity contribution in [2.45, 2.75) is 19.8 Å². The number of nitrogens with zero attached hydrogens (tertiary/aromatic N) is 2. The van der Waals surface area contributed by atoms with E-state index in [1.807, 2.05) is 6.92 Å². The molecule has 1 aromatic heterocycles. The van der Waals surface area contributed by atoms with Crippen molar-refractivity contribution < 1.29 is 4.39 Å². The molecule has 4 N–H and O–H groups in total. The first-order valence-corrected chi connectivity index (χ1v) is 6.00. The highest BCUT2D eigenvalue weighted by molar-refractivity contribution is 6.30. The van der Waals surface area contributed by atoms with Gasteiger partial charge < -0.3 is 11.6 Å². The molecule has 96 valence electrons. The minimum absolute atomic E-state index is 0.0679. The Morgan fingerprint density at radius 3 is 2.78 bits per heavy atom. The second-order valence-corrected chi connectivity index (χ2v) is 4.42. The number of nitrogen functional groups attached to an aromatic ring is 2. The van der Waals surface area contributed by atoms with Gasteiger partial charge in [0.1, 0.15) is 17.3 Å². The van der Waals surface area contributed by atoms with Gasteiger partial charge in [-0.25, -0.2) is 14.1 Å². The summed E-state index contributed by atoms with van der Waals surface area (Å²) in [6, 6.07) is 4.44. The standard InChI is InChI=1S/C12H14ClFN4/c1-2-3-10-17-11(12(15)18(10)16)7-4-5-8(13)9(14)6-7/h4-6H,2-3,15-16H2,1H3. The number of rotatable bonds is 3. The Hall–Kier alpha value is -1.75. The van der Waals surface area contributed by atoms with Crippen LogP contribution in [-0.4, -0.2) is 9.66 Å². The monoisotopic (exact) mass is 268 g/mol. The fraction of sp³-hybridized carbons (Fsp3) is 0.250. The van der Waals surface area contributed by atoms with Crippen molar-refractivity contribution in [2.75, 3.05) is 11.6 Å². The molecule has 18 heavy (non-hydrogen) atoms. The van der Waals surface area contributed by atoms with Gasteiger partial charge in [0, 0.05) is 12.0 Å². The molecule has 6 heteroatoms. The van der Waals surface area contributed by atoms with Crippen LogP contribution in [0, 0.1) is 5.82 Å². The number of halogens is 2. The normalized spacial score (nSPS) is 10.8. The van der Waals surface area contributed by atoms with Gasteiger partial charge in [0.25, 0.3) is 0 Å². The van der Waals surface area contributed by atoms with Gasteiger partial charge in [0.2, 0.25) is 0 Å². The molecule has 1 heterocycles. The molecule has 2 rings (SSSR count). The Bertz CT molecular complexity index is 580. The molecule has 0 aliphatic carbocycles. The van der Waals surface area contributed by atoms with Gasteiger partial charge in [-0.05, 0) is 18.6 Å². The van der Waals surface area contributed by atoms with Crippen LogP contribution in [0.4, 0.5) is 10.2 Å². The van der Waals surface area contributed by atoms with E-state index in [2.05, 4.69) is 4.98 Å². The van der Waals surface area contributed by atoms with Crippen molar-refractivity contribution in [3.05, 3.63) is 34.9 Å². The first kappa shape index (κ1) is 12.7. The highest BCUT2D eigenvalue weighted by Gasteiger charge is 2.15. The summed E-state index contributed by atoms with van der Waals surface area (Å²) in [7, 11) is 0. The molecule has 0 atom stereocenters. The fourth-order valence-electron chi connectivity index (χ4n) is 1.75. The predicted octanol–water partition coefficient (Wildman–Crippen LogP) is 2.59. The summed E-state index contributed by atoms with van der Waals surface area (Å²) >= 11 is 5.64. The number of hydrogen-bond donors (Lipinski definition) is 2. The van der Waals surface area contributed by atoms with E-state index in [4.69, 9.17) is 23.2 Å². The van der Waals surface area contributed by atoms with Crippen molar-refractivity contribution in [1.29, 1.82) is 0 Å². The Morgan fingerprint density at radius 1 is 1.44 bits per heavy atom. The number of aromatic nitrogens is 2. The van der Waals surface area contributed by atoms with E-state index >= 15 is 0 Å². The van der Waals surface area contributed by atoms with Gasteiger partial charge in [0.05, 0.1) is 5.02 Å². The average molecular weight is 269 g/mol. The van der Waals surface area contributed by atoms with Crippen LogP contribution in [0.1, 0.15) is 19.2 Å². The maximum Gasteiger partial charge on any atom is 0.150 e. The second-order valence-electron chi connectivity index (χ2n) is 4.01. The van der Waals surface area contributed by atoms with Crippen LogP contribution in [0.15, 0.2) is 18.2 Å². The van der Waals surface area contributed by atoms with Crippen LogP contribution in [0.2, 0.25) is 5.02 Å². The lowest BCUT2D eigenvalue weighted by atomic mass is 10.1. The molecule has 0 bridgehead atoms. The number of imidazole rings is 1. The third-order valence-electron chi connectivity index (χ3n) is 2.69. The van der Waals surface area contributed by atoms with Crippen LogP contribution in [0.25, 0.3) is 11.3 Å². The molecule has 0 saturated carbocycles. The Labute approximate surface area is 109 Å². The van der Waals surface area contributed by atoms with Gasteiger partial charge >= 0.3 is 0 Å². The Kier molecular flexibility index (Phi) is 3.43. The lowest BCUT2D eigenvalue weighted by molar-refractivity contribution is 0.628. The number of hydrogen-bond acceptors (Lipinski definition) is 3. The Balaban J connectivity index is 2.50.